The Bertz CT molecular complexity index is 157. The van der Waals surface area contributed by atoms with Crippen LogP contribution < -0.4 is 5.23 Å². The van der Waals surface area contributed by atoms with Crippen LogP contribution in [-0.2, 0) is 4.70 Å². The molecule has 0 spiro atoms. The summed E-state index contributed by atoms with van der Waals surface area (Å²) in [6.45, 7) is 4.93. The van der Waals surface area contributed by atoms with Crippen molar-refractivity contribution in [1.82, 2.24) is 5.23 Å². The van der Waals surface area contributed by atoms with E-state index >= 15 is 0 Å². The van der Waals surface area contributed by atoms with Crippen molar-refractivity contribution < 1.29 is 9.73 Å². The summed E-state index contributed by atoms with van der Waals surface area (Å²) in [6, 6.07) is 0. The van der Waals surface area contributed by atoms with Gasteiger partial charge in [0.1, 0.15) is 0 Å². The predicted octanol–water partition coefficient (Wildman–Crippen LogP) is -0.764. The van der Waals surface area contributed by atoms with Crippen molar-refractivity contribution in [3.05, 3.63) is 12.4 Å². The van der Waals surface area contributed by atoms with Crippen LogP contribution in [0.1, 0.15) is 0 Å². The van der Waals surface area contributed by atoms with Crippen LogP contribution in [0.5, 0.6) is 0 Å². The van der Waals surface area contributed by atoms with Gasteiger partial charge < -0.3 is 0 Å². The molecule has 0 aliphatic heterocycles. The second-order valence-electron chi connectivity index (χ2n) is 1.68. The Kier molecular flexibility index (Phi) is 4.49. The molecule has 0 aromatic carbocycles. The van der Waals surface area contributed by atoms with Gasteiger partial charge in [-0.2, -0.15) is 0 Å². The maximum absolute atomic E-state index is 9.71. The second kappa shape index (κ2) is 4.93. The Morgan fingerprint density at radius 3 is 3.00 bits per heavy atom. The van der Waals surface area contributed by atoms with Crippen LogP contribution >= 0.6 is 0 Å². The van der Waals surface area contributed by atoms with Crippen molar-refractivity contribution in [2.75, 3.05) is 0 Å². The molecule has 10 heavy (non-hydrogen) atoms. The molecular weight excluding hydrogens is 130 g/mol. The molecule has 0 aliphatic rings. The van der Waals surface area contributed by atoms with Crippen molar-refractivity contribution in [3.8, 4) is 0 Å². The van der Waals surface area contributed by atoms with Crippen LogP contribution in [0.3, 0.4) is 0 Å². The van der Waals surface area contributed by atoms with E-state index < -0.39 is 7.05 Å². The van der Waals surface area contributed by atoms with Gasteiger partial charge in [-0.15, -0.1) is 0 Å². The van der Waals surface area contributed by atoms with Gasteiger partial charge in [0.05, 0.1) is 0 Å². The standard InChI is InChI=1S/C4H8B2N2O2/c1-4(7-3-5-9)8-6(2)10/h3,8,10H,1H2,2H3/b7-3-. The molecule has 0 heterocycles. The molecule has 0 unspecified atom stereocenters. The van der Waals surface area contributed by atoms with E-state index in [1.165, 1.54) is 6.82 Å². The fraction of sp³-hybridized carbons (Fsp3) is 0.250. The average Bonchev–Trinajstić information content (AvgIpc) is 1.82. The van der Waals surface area contributed by atoms with Gasteiger partial charge in [-0.05, 0) is 0 Å². The van der Waals surface area contributed by atoms with Crippen LogP contribution in [0.2, 0.25) is 6.82 Å². The van der Waals surface area contributed by atoms with Crippen molar-refractivity contribution >= 4 is 20.3 Å². The third kappa shape index (κ3) is 5.24. The normalized spacial score (nSPS) is 9.00. The summed E-state index contributed by atoms with van der Waals surface area (Å²) in [5.41, 5.74) is 0. The molecule has 0 bridgehead atoms. The summed E-state index contributed by atoms with van der Waals surface area (Å²) >= 11 is 0. The number of hydrogen-bond acceptors (Lipinski definition) is 4. The number of hydrogen-bond donors (Lipinski definition) is 2. The topological polar surface area (TPSA) is 61.7 Å². The van der Waals surface area contributed by atoms with E-state index in [9.17, 15) is 4.70 Å². The summed E-state index contributed by atoms with van der Waals surface area (Å²) in [5.74, 6) is 0.266. The SMILES string of the molecule is C=C(/N=C\B=O)NB(C)O. The molecule has 0 aliphatic carbocycles. The first-order chi connectivity index (χ1) is 4.66. The molecule has 6 heteroatoms. The van der Waals surface area contributed by atoms with Crippen LogP contribution in [-0.4, -0.2) is 25.3 Å². The van der Waals surface area contributed by atoms with Gasteiger partial charge in [-0.3, -0.25) is 0 Å². The molecule has 0 radical (unpaired) electrons. The number of rotatable bonds is 4. The average molecular weight is 138 g/mol. The van der Waals surface area contributed by atoms with Gasteiger partial charge in [-0.1, -0.05) is 0 Å². The van der Waals surface area contributed by atoms with Gasteiger partial charge in [0.2, 0.25) is 0 Å². The minimum absolute atomic E-state index is 0.266. The van der Waals surface area contributed by atoms with Crippen molar-refractivity contribution in [2.24, 2.45) is 4.99 Å². The fourth-order valence-electron chi connectivity index (χ4n) is 0.399. The molecule has 0 rings (SSSR count). The Balaban J connectivity index is 3.64. The number of nitrogens with one attached hydrogen (secondary N) is 1. The van der Waals surface area contributed by atoms with Crippen LogP contribution in [0.25, 0.3) is 0 Å². The van der Waals surface area contributed by atoms with E-state index in [1.807, 2.05) is 0 Å². The van der Waals surface area contributed by atoms with Gasteiger partial charge in [0.15, 0.2) is 0 Å². The van der Waals surface area contributed by atoms with Crippen LogP contribution in [0.15, 0.2) is 17.4 Å². The Hall–Kier alpha value is -0.900. The Labute approximate surface area is 60.4 Å². The molecule has 52 valence electrons. The maximum atomic E-state index is 9.71. The van der Waals surface area contributed by atoms with Crippen LogP contribution in [0.4, 0.5) is 0 Å². The monoisotopic (exact) mass is 138 g/mol. The van der Waals surface area contributed by atoms with Crippen molar-refractivity contribution in [2.45, 2.75) is 6.82 Å². The Morgan fingerprint density at radius 2 is 2.60 bits per heavy atom. The summed E-state index contributed by atoms with van der Waals surface area (Å²) < 4.78 is 9.71. The Morgan fingerprint density at radius 1 is 2.00 bits per heavy atom. The zero-order valence-electron chi connectivity index (χ0n) is 5.74. The van der Waals surface area contributed by atoms with Crippen LogP contribution in [0, 0.1) is 0 Å². The zero-order valence-corrected chi connectivity index (χ0v) is 5.74. The van der Waals surface area contributed by atoms with Gasteiger partial charge in [0, 0.05) is 0 Å². The molecule has 4 nitrogen and oxygen atoms in total. The third-order valence-corrected chi connectivity index (χ3v) is 0.667. The third-order valence-electron chi connectivity index (χ3n) is 0.667. The summed E-state index contributed by atoms with van der Waals surface area (Å²) in [7, 11) is -0.161. The number of aliphatic imine (C=N–C) groups is 1. The summed E-state index contributed by atoms with van der Waals surface area (Å²) in [5, 5.41) is 11.2. The van der Waals surface area contributed by atoms with E-state index in [-0.39, 0.29) is 5.82 Å². The number of nitrogens with zero attached hydrogens (tertiary/aromatic N) is 1. The zero-order chi connectivity index (χ0) is 7.98. The fourth-order valence-corrected chi connectivity index (χ4v) is 0.399. The van der Waals surface area contributed by atoms with E-state index in [0.717, 1.165) is 6.11 Å². The van der Waals surface area contributed by atoms with Gasteiger partial charge in [-0.25, -0.2) is 0 Å². The molecule has 0 aromatic rings. The minimum atomic E-state index is -0.698. The molecule has 0 fully saturated rings. The predicted molar refractivity (Wildman–Crippen MR) is 41.0 cm³/mol. The molecule has 0 atom stereocenters. The second-order valence-corrected chi connectivity index (χ2v) is 1.68. The molecule has 0 saturated carbocycles. The van der Waals surface area contributed by atoms with Gasteiger partial charge in [0.25, 0.3) is 0 Å². The first kappa shape index (κ1) is 9.10. The van der Waals surface area contributed by atoms with E-state index in [4.69, 9.17) is 5.02 Å². The van der Waals surface area contributed by atoms with Crippen molar-refractivity contribution in [3.63, 3.8) is 0 Å². The first-order valence-corrected chi connectivity index (χ1v) is 2.78. The summed E-state index contributed by atoms with van der Waals surface area (Å²) in [6.07, 6.45) is 1.05. The van der Waals surface area contributed by atoms with E-state index in [0.29, 0.717) is 7.15 Å². The van der Waals surface area contributed by atoms with E-state index in [2.05, 4.69) is 16.8 Å². The first-order valence-electron chi connectivity index (χ1n) is 2.78. The van der Waals surface area contributed by atoms with Crippen molar-refractivity contribution in [1.29, 1.82) is 0 Å². The van der Waals surface area contributed by atoms with Gasteiger partial charge >= 0.3 is 59.5 Å². The molecule has 0 amide bonds. The molecule has 0 aromatic heterocycles. The quantitative estimate of drug-likeness (QED) is 0.396. The molecular formula is C4H8B2N2O2. The molecule has 0 saturated heterocycles. The summed E-state index contributed by atoms with van der Waals surface area (Å²) in [4.78, 5) is 3.52. The molecule has 2 N–H and O–H groups in total. The van der Waals surface area contributed by atoms with E-state index in [1.54, 1.807) is 0 Å².